The lowest BCUT2D eigenvalue weighted by molar-refractivity contribution is -0.385. The zero-order valence-electron chi connectivity index (χ0n) is 8.86. The van der Waals surface area contributed by atoms with Gasteiger partial charge in [-0.2, -0.15) is 5.26 Å². The van der Waals surface area contributed by atoms with Crippen LogP contribution in [0.1, 0.15) is 21.5 Å². The van der Waals surface area contributed by atoms with Crippen LogP contribution in [0, 0.1) is 21.4 Å². The fourth-order valence-electron chi connectivity index (χ4n) is 1.29. The molecule has 0 aliphatic carbocycles. The van der Waals surface area contributed by atoms with Gasteiger partial charge < -0.3 is 5.11 Å². The molecule has 0 aromatic heterocycles. The van der Waals surface area contributed by atoms with Crippen molar-refractivity contribution >= 4 is 24.0 Å². The highest BCUT2D eigenvalue weighted by Gasteiger charge is 2.18. The van der Waals surface area contributed by atoms with Crippen molar-refractivity contribution in [2.45, 2.75) is 0 Å². The minimum Gasteiger partial charge on any atom is -0.478 e. The molecule has 0 heterocycles. The Labute approximate surface area is 101 Å². The molecule has 0 aliphatic rings. The average Bonchev–Trinajstić information content (AvgIpc) is 2.34. The van der Waals surface area contributed by atoms with E-state index >= 15 is 0 Å². The van der Waals surface area contributed by atoms with Crippen LogP contribution in [-0.2, 0) is 4.79 Å². The number of nitriles is 1. The largest absolute Gasteiger partial charge is 0.478 e. The summed E-state index contributed by atoms with van der Waals surface area (Å²) in [6.45, 7) is 0. The quantitative estimate of drug-likeness (QED) is 0.370. The number of nitro benzene ring substituents is 1. The molecule has 0 spiro atoms. The van der Waals surface area contributed by atoms with Gasteiger partial charge >= 0.3 is 5.97 Å². The summed E-state index contributed by atoms with van der Waals surface area (Å²) >= 11 is 0. The summed E-state index contributed by atoms with van der Waals surface area (Å²) in [5.74, 6) is -1.23. The Kier molecular flexibility index (Phi) is 3.89. The maximum atomic E-state index is 10.7. The molecule has 0 aliphatic heterocycles. The van der Waals surface area contributed by atoms with Gasteiger partial charge in [-0.25, -0.2) is 4.79 Å². The minimum absolute atomic E-state index is 0.156. The lowest BCUT2D eigenvalue weighted by Crippen LogP contribution is -1.98. The van der Waals surface area contributed by atoms with Crippen LogP contribution in [0.3, 0.4) is 0 Å². The van der Waals surface area contributed by atoms with Gasteiger partial charge in [0.05, 0.1) is 4.92 Å². The number of nitrogens with zero attached hydrogens (tertiary/aromatic N) is 2. The third-order valence-electron chi connectivity index (χ3n) is 2.02. The molecule has 0 radical (unpaired) electrons. The summed E-state index contributed by atoms with van der Waals surface area (Å²) in [7, 11) is 0. The Bertz CT molecular complexity index is 598. The summed E-state index contributed by atoms with van der Waals surface area (Å²) in [4.78, 5) is 31.0. The monoisotopic (exact) mass is 246 g/mol. The molecule has 0 saturated carbocycles. The van der Waals surface area contributed by atoms with E-state index in [0.717, 1.165) is 18.2 Å². The summed E-state index contributed by atoms with van der Waals surface area (Å²) in [5.41, 5.74) is -0.878. The van der Waals surface area contributed by atoms with Crippen LogP contribution in [0.15, 0.2) is 18.2 Å². The molecule has 0 unspecified atom stereocenters. The summed E-state index contributed by atoms with van der Waals surface area (Å²) in [6.07, 6.45) is 2.19. The molecule has 1 aromatic rings. The van der Waals surface area contributed by atoms with Crippen molar-refractivity contribution in [1.29, 1.82) is 5.26 Å². The highest BCUT2D eigenvalue weighted by Crippen LogP contribution is 2.23. The third kappa shape index (κ3) is 2.76. The minimum atomic E-state index is -1.23. The van der Waals surface area contributed by atoms with Crippen molar-refractivity contribution in [3.63, 3.8) is 0 Å². The van der Waals surface area contributed by atoms with Crippen molar-refractivity contribution < 1.29 is 19.6 Å². The second-order valence-corrected chi connectivity index (χ2v) is 3.16. The second-order valence-electron chi connectivity index (χ2n) is 3.16. The smallest absolute Gasteiger partial charge is 0.328 e. The first-order valence-corrected chi connectivity index (χ1v) is 4.58. The van der Waals surface area contributed by atoms with Gasteiger partial charge in [0.25, 0.3) is 5.69 Å². The summed E-state index contributed by atoms with van der Waals surface area (Å²) < 4.78 is 0. The number of carbonyl (C=O) groups excluding carboxylic acids is 1. The van der Waals surface area contributed by atoms with Gasteiger partial charge in [0.15, 0.2) is 6.29 Å². The van der Waals surface area contributed by atoms with Crippen molar-refractivity contribution in [2.75, 3.05) is 0 Å². The first kappa shape index (κ1) is 13.1. The number of aldehydes is 1. The molecule has 0 amide bonds. The number of carbonyl (C=O) groups is 2. The van der Waals surface area contributed by atoms with Crippen LogP contribution in [0.4, 0.5) is 5.69 Å². The number of rotatable bonds is 4. The summed E-state index contributed by atoms with van der Waals surface area (Å²) in [5, 5.41) is 27.9. The average molecular weight is 246 g/mol. The Morgan fingerprint density at radius 1 is 1.50 bits per heavy atom. The normalized spacial score (nSPS) is 9.94. The topological polar surface area (TPSA) is 121 Å². The molecule has 0 saturated heterocycles. The van der Waals surface area contributed by atoms with Crippen LogP contribution in [-0.4, -0.2) is 22.3 Å². The van der Waals surface area contributed by atoms with Crippen LogP contribution >= 0.6 is 0 Å². The van der Waals surface area contributed by atoms with Crippen LogP contribution < -0.4 is 0 Å². The van der Waals surface area contributed by atoms with Crippen molar-refractivity contribution in [3.05, 3.63) is 45.0 Å². The predicted molar refractivity (Wildman–Crippen MR) is 59.9 cm³/mol. The van der Waals surface area contributed by atoms with Crippen molar-refractivity contribution in [1.82, 2.24) is 0 Å². The standard InChI is InChI=1S/C11H6N2O5/c12-5-9-8(6-14)3-7(1-2-11(15)16)4-10(9)13(17)18/h1-4,6H,(H,15,16)/b2-1+. The number of hydrogen-bond donors (Lipinski definition) is 1. The van der Waals surface area contributed by atoms with E-state index in [4.69, 9.17) is 10.4 Å². The molecular formula is C11H6N2O5. The third-order valence-corrected chi connectivity index (χ3v) is 2.02. The molecular weight excluding hydrogens is 240 g/mol. The number of nitro groups is 1. The van der Waals surface area contributed by atoms with Crippen LogP contribution in [0.25, 0.3) is 6.08 Å². The van der Waals surface area contributed by atoms with Crippen LogP contribution in [0.5, 0.6) is 0 Å². The molecule has 1 rings (SSSR count). The van der Waals surface area contributed by atoms with Crippen molar-refractivity contribution in [3.8, 4) is 6.07 Å². The lowest BCUT2D eigenvalue weighted by atomic mass is 10.0. The lowest BCUT2D eigenvalue weighted by Gasteiger charge is -2.00. The zero-order valence-corrected chi connectivity index (χ0v) is 8.86. The number of carboxylic acid groups (broad SMARTS) is 1. The van der Waals surface area contributed by atoms with E-state index in [0.29, 0.717) is 6.29 Å². The van der Waals surface area contributed by atoms with Gasteiger partial charge in [0.2, 0.25) is 0 Å². The Morgan fingerprint density at radius 3 is 2.61 bits per heavy atom. The number of aliphatic carboxylic acids is 1. The van der Waals surface area contributed by atoms with E-state index < -0.39 is 16.6 Å². The van der Waals surface area contributed by atoms with Crippen LogP contribution in [0.2, 0.25) is 0 Å². The van der Waals surface area contributed by atoms with Gasteiger partial charge in [0, 0.05) is 17.7 Å². The molecule has 0 atom stereocenters. The van der Waals surface area contributed by atoms with E-state index in [2.05, 4.69) is 0 Å². The molecule has 0 fully saturated rings. The number of hydrogen-bond acceptors (Lipinski definition) is 5. The van der Waals surface area contributed by atoms with Gasteiger partial charge in [0.1, 0.15) is 11.6 Å². The van der Waals surface area contributed by atoms with Gasteiger partial charge in [-0.05, 0) is 17.7 Å². The number of benzene rings is 1. The van der Waals surface area contributed by atoms with E-state index in [1.165, 1.54) is 6.07 Å². The maximum Gasteiger partial charge on any atom is 0.328 e. The highest BCUT2D eigenvalue weighted by molar-refractivity contribution is 5.88. The van der Waals surface area contributed by atoms with Gasteiger partial charge in [-0.3, -0.25) is 14.9 Å². The molecule has 1 aromatic carbocycles. The Balaban J connectivity index is 3.47. The van der Waals surface area contributed by atoms with E-state index in [-0.39, 0.29) is 16.7 Å². The Morgan fingerprint density at radius 2 is 2.17 bits per heavy atom. The highest BCUT2D eigenvalue weighted by atomic mass is 16.6. The maximum absolute atomic E-state index is 10.7. The Hall–Kier alpha value is -3.01. The predicted octanol–water partition coefficient (Wildman–Crippen LogP) is 1.38. The SMILES string of the molecule is N#Cc1c(C=O)cc(/C=C/C(=O)O)cc1[N+](=O)[O-]. The van der Waals surface area contributed by atoms with Crippen molar-refractivity contribution in [2.24, 2.45) is 0 Å². The molecule has 7 heteroatoms. The van der Waals surface area contributed by atoms with E-state index in [1.807, 2.05) is 0 Å². The molecule has 0 bridgehead atoms. The fraction of sp³-hybridized carbons (Fsp3) is 0. The molecule has 1 N–H and O–H groups in total. The zero-order chi connectivity index (χ0) is 13.7. The fourth-order valence-corrected chi connectivity index (χ4v) is 1.29. The molecule has 18 heavy (non-hydrogen) atoms. The number of carboxylic acids is 1. The molecule has 7 nitrogen and oxygen atoms in total. The van der Waals surface area contributed by atoms with E-state index in [9.17, 15) is 19.7 Å². The summed E-state index contributed by atoms with van der Waals surface area (Å²) in [6, 6.07) is 3.81. The van der Waals surface area contributed by atoms with E-state index in [1.54, 1.807) is 6.07 Å². The molecule has 90 valence electrons. The first-order valence-electron chi connectivity index (χ1n) is 4.58. The van der Waals surface area contributed by atoms with Gasteiger partial charge in [-0.15, -0.1) is 0 Å². The second kappa shape index (κ2) is 5.36. The van der Waals surface area contributed by atoms with Gasteiger partial charge in [-0.1, -0.05) is 0 Å². The first-order chi connectivity index (χ1) is 8.49.